The molecular weight excluding hydrogens is 290 g/mol. The number of piperidine rings is 1. The van der Waals surface area contributed by atoms with Gasteiger partial charge in [0.2, 0.25) is 10.0 Å². The Balaban J connectivity index is 0.00000180. The molecule has 0 aliphatic carbocycles. The van der Waals surface area contributed by atoms with Gasteiger partial charge in [-0.2, -0.15) is 4.31 Å². The molecule has 1 aliphatic rings. The van der Waals surface area contributed by atoms with Crippen LogP contribution in [0, 0.1) is 6.92 Å². The zero-order chi connectivity index (χ0) is 13.2. The molecule has 1 aromatic heterocycles. The summed E-state index contributed by atoms with van der Waals surface area (Å²) < 4.78 is 31.0. The van der Waals surface area contributed by atoms with E-state index in [4.69, 9.17) is 4.52 Å². The minimum Gasteiger partial charge on any atom is -0.360 e. The lowest BCUT2D eigenvalue weighted by Gasteiger charge is -2.31. The van der Waals surface area contributed by atoms with Crippen molar-refractivity contribution in [3.8, 4) is 0 Å². The summed E-state index contributed by atoms with van der Waals surface area (Å²) in [5.41, 5.74) is 0.701. The van der Waals surface area contributed by atoms with Gasteiger partial charge in [0.1, 0.15) is 5.75 Å². The summed E-state index contributed by atoms with van der Waals surface area (Å²) in [7, 11) is -1.44. The lowest BCUT2D eigenvalue weighted by molar-refractivity contribution is 0.290. The van der Waals surface area contributed by atoms with E-state index in [9.17, 15) is 8.42 Å². The first kappa shape index (κ1) is 16.4. The first-order valence-corrected chi connectivity index (χ1v) is 7.69. The van der Waals surface area contributed by atoms with Crippen LogP contribution in [0.4, 0.5) is 0 Å². The molecule has 0 radical (unpaired) electrons. The lowest BCUT2D eigenvalue weighted by atomic mass is 10.1. The lowest BCUT2D eigenvalue weighted by Crippen LogP contribution is -2.47. The van der Waals surface area contributed by atoms with Crippen molar-refractivity contribution >= 4 is 22.4 Å². The molecule has 19 heavy (non-hydrogen) atoms. The first-order chi connectivity index (χ1) is 8.51. The van der Waals surface area contributed by atoms with Crippen molar-refractivity contribution in [1.82, 2.24) is 14.8 Å². The maximum absolute atomic E-state index is 12.2. The molecule has 1 aromatic rings. The second-order valence-corrected chi connectivity index (χ2v) is 6.65. The number of hydrogen-bond acceptors (Lipinski definition) is 5. The van der Waals surface area contributed by atoms with E-state index in [2.05, 4.69) is 10.5 Å². The molecule has 6 nitrogen and oxygen atoms in total. The summed E-state index contributed by atoms with van der Waals surface area (Å²) >= 11 is 0. The van der Waals surface area contributed by atoms with Crippen LogP contribution in [-0.2, 0) is 15.8 Å². The van der Waals surface area contributed by atoms with Crippen LogP contribution >= 0.6 is 12.4 Å². The molecular formula is C11H20ClN3O3S. The number of likely N-dealkylation sites (N-methyl/N-ethyl adjacent to an activating group) is 1. The van der Waals surface area contributed by atoms with Crippen molar-refractivity contribution in [1.29, 1.82) is 0 Å². The number of sulfonamides is 1. The van der Waals surface area contributed by atoms with Crippen LogP contribution in [-0.4, -0.2) is 44.1 Å². The van der Waals surface area contributed by atoms with E-state index in [1.807, 2.05) is 7.05 Å². The van der Waals surface area contributed by atoms with Gasteiger partial charge < -0.3 is 9.84 Å². The third-order valence-corrected chi connectivity index (χ3v) is 4.95. The van der Waals surface area contributed by atoms with Gasteiger partial charge in [0.05, 0.1) is 5.69 Å². The first-order valence-electron chi connectivity index (χ1n) is 6.08. The predicted octanol–water partition coefficient (Wildman–Crippen LogP) is 0.918. The summed E-state index contributed by atoms with van der Waals surface area (Å²) in [6.45, 7) is 2.90. The fourth-order valence-corrected chi connectivity index (χ4v) is 3.68. The van der Waals surface area contributed by atoms with Crippen molar-refractivity contribution in [2.75, 3.05) is 20.1 Å². The van der Waals surface area contributed by atoms with E-state index in [1.165, 1.54) is 4.31 Å². The van der Waals surface area contributed by atoms with E-state index >= 15 is 0 Å². The number of nitrogens with one attached hydrogen (secondary N) is 1. The van der Waals surface area contributed by atoms with Crippen molar-refractivity contribution in [3.63, 3.8) is 0 Å². The molecule has 1 N–H and O–H groups in total. The molecule has 1 saturated heterocycles. The van der Waals surface area contributed by atoms with Gasteiger partial charge in [-0.25, -0.2) is 8.42 Å². The van der Waals surface area contributed by atoms with Crippen LogP contribution in [0.25, 0.3) is 0 Å². The van der Waals surface area contributed by atoms with Gasteiger partial charge in [0, 0.05) is 25.2 Å². The highest BCUT2D eigenvalue weighted by molar-refractivity contribution is 7.88. The van der Waals surface area contributed by atoms with E-state index in [-0.39, 0.29) is 24.2 Å². The zero-order valence-electron chi connectivity index (χ0n) is 11.1. The summed E-state index contributed by atoms with van der Waals surface area (Å²) in [6.07, 6.45) is 1.91. The van der Waals surface area contributed by atoms with Crippen molar-refractivity contribution in [2.24, 2.45) is 0 Å². The Labute approximate surface area is 120 Å². The topological polar surface area (TPSA) is 75.4 Å². The van der Waals surface area contributed by atoms with E-state index in [1.54, 1.807) is 13.0 Å². The minimum absolute atomic E-state index is 0. The number of rotatable bonds is 4. The molecule has 0 saturated carbocycles. The standard InChI is InChI=1S/C11H19N3O3S.ClH/c1-9-6-11(17-13-9)8-18(15,16)14-5-3-4-10(7-14)12-2;/h6,10,12H,3-5,7-8H2,1-2H3;1H. The van der Waals surface area contributed by atoms with Crippen LogP contribution in [0.3, 0.4) is 0 Å². The summed E-state index contributed by atoms with van der Waals surface area (Å²) in [6, 6.07) is 1.90. The molecule has 1 aliphatic heterocycles. The normalized spacial score (nSPS) is 21.1. The Hall–Kier alpha value is -0.630. The van der Waals surface area contributed by atoms with Gasteiger partial charge in [-0.1, -0.05) is 5.16 Å². The molecule has 1 fully saturated rings. The molecule has 0 bridgehead atoms. The Kier molecular flexibility index (Phi) is 5.79. The molecule has 0 spiro atoms. The predicted molar refractivity (Wildman–Crippen MR) is 74.8 cm³/mol. The highest BCUT2D eigenvalue weighted by Gasteiger charge is 2.29. The molecule has 1 unspecified atom stereocenters. The van der Waals surface area contributed by atoms with Gasteiger partial charge in [-0.05, 0) is 26.8 Å². The minimum atomic E-state index is -3.31. The van der Waals surface area contributed by atoms with Crippen LogP contribution in [0.15, 0.2) is 10.6 Å². The van der Waals surface area contributed by atoms with Gasteiger partial charge in [-0.15, -0.1) is 12.4 Å². The van der Waals surface area contributed by atoms with Gasteiger partial charge in [-0.3, -0.25) is 0 Å². The monoisotopic (exact) mass is 309 g/mol. The Morgan fingerprint density at radius 3 is 2.89 bits per heavy atom. The maximum Gasteiger partial charge on any atom is 0.221 e. The second-order valence-electron chi connectivity index (χ2n) is 4.68. The van der Waals surface area contributed by atoms with Crippen LogP contribution in [0.5, 0.6) is 0 Å². The molecule has 2 heterocycles. The molecule has 0 aromatic carbocycles. The van der Waals surface area contributed by atoms with Crippen LogP contribution < -0.4 is 5.32 Å². The highest BCUT2D eigenvalue weighted by Crippen LogP contribution is 2.17. The van der Waals surface area contributed by atoms with Crippen molar-refractivity contribution in [2.45, 2.75) is 31.6 Å². The third kappa shape index (κ3) is 4.17. The fourth-order valence-electron chi connectivity index (χ4n) is 2.19. The van der Waals surface area contributed by atoms with E-state index in [0.29, 0.717) is 24.5 Å². The van der Waals surface area contributed by atoms with Crippen LogP contribution in [0.2, 0.25) is 0 Å². The molecule has 1 atom stereocenters. The largest absolute Gasteiger partial charge is 0.360 e. The molecule has 8 heteroatoms. The summed E-state index contributed by atoms with van der Waals surface area (Å²) in [4.78, 5) is 0. The summed E-state index contributed by atoms with van der Waals surface area (Å²) in [5, 5.41) is 6.84. The molecule has 110 valence electrons. The average molecular weight is 310 g/mol. The van der Waals surface area contributed by atoms with Crippen molar-refractivity contribution in [3.05, 3.63) is 17.5 Å². The second kappa shape index (κ2) is 6.69. The quantitative estimate of drug-likeness (QED) is 0.895. The number of nitrogens with zero attached hydrogens (tertiary/aromatic N) is 2. The Bertz CT molecular complexity index is 503. The smallest absolute Gasteiger partial charge is 0.221 e. The average Bonchev–Trinajstić information content (AvgIpc) is 2.74. The number of aromatic nitrogens is 1. The number of hydrogen-bond donors (Lipinski definition) is 1. The molecule has 0 amide bonds. The van der Waals surface area contributed by atoms with E-state index in [0.717, 1.165) is 12.8 Å². The third-order valence-electron chi connectivity index (χ3n) is 3.19. The van der Waals surface area contributed by atoms with Gasteiger partial charge in [0.15, 0.2) is 5.76 Å². The summed E-state index contributed by atoms with van der Waals surface area (Å²) in [5.74, 6) is 0.295. The van der Waals surface area contributed by atoms with Crippen molar-refractivity contribution < 1.29 is 12.9 Å². The van der Waals surface area contributed by atoms with Crippen LogP contribution in [0.1, 0.15) is 24.3 Å². The number of halogens is 1. The number of aryl methyl sites for hydroxylation is 1. The zero-order valence-corrected chi connectivity index (χ0v) is 12.8. The SMILES string of the molecule is CNC1CCCN(S(=O)(=O)Cc2cc(C)no2)C1.Cl. The van der Waals surface area contributed by atoms with Gasteiger partial charge in [0.25, 0.3) is 0 Å². The maximum atomic E-state index is 12.2. The van der Waals surface area contributed by atoms with Gasteiger partial charge >= 0.3 is 0 Å². The van der Waals surface area contributed by atoms with E-state index < -0.39 is 10.0 Å². The Morgan fingerprint density at radius 1 is 1.58 bits per heavy atom. The fraction of sp³-hybridized carbons (Fsp3) is 0.727. The highest BCUT2D eigenvalue weighted by atomic mass is 35.5. The molecule has 2 rings (SSSR count). The Morgan fingerprint density at radius 2 is 2.32 bits per heavy atom.